The summed E-state index contributed by atoms with van der Waals surface area (Å²) in [6.07, 6.45) is 5.85. The van der Waals surface area contributed by atoms with Gasteiger partial charge >= 0.3 is 0 Å². The molecule has 6 nitrogen and oxygen atoms in total. The van der Waals surface area contributed by atoms with Crippen molar-refractivity contribution in [2.24, 2.45) is 0 Å². The van der Waals surface area contributed by atoms with Crippen LogP contribution in [0.4, 0.5) is 22.0 Å². The highest BCUT2D eigenvalue weighted by Crippen LogP contribution is 2.39. The molecule has 3 atom stereocenters. The number of aliphatic hydroxyl groups is 1. The summed E-state index contributed by atoms with van der Waals surface area (Å²) >= 11 is 0. The summed E-state index contributed by atoms with van der Waals surface area (Å²) in [5.74, 6) is -12.5. The molecular formula is C39H39F5N2O4. The predicted molar refractivity (Wildman–Crippen MR) is 177 cm³/mol. The van der Waals surface area contributed by atoms with Gasteiger partial charge in [-0.1, -0.05) is 92.1 Å². The molecule has 4 aromatic carbocycles. The third kappa shape index (κ3) is 8.07. The Morgan fingerprint density at radius 3 is 2.00 bits per heavy atom. The normalized spacial score (nSPS) is 20.2. The van der Waals surface area contributed by atoms with Gasteiger partial charge < -0.3 is 24.8 Å². The number of carbonyl (C=O) groups is 1. The van der Waals surface area contributed by atoms with Gasteiger partial charge in [0.05, 0.1) is 18.8 Å². The minimum atomic E-state index is -2.33. The van der Waals surface area contributed by atoms with Crippen molar-refractivity contribution in [2.75, 3.05) is 19.6 Å². The highest BCUT2D eigenvalue weighted by atomic mass is 19.2. The number of nitrogens with one attached hydrogen (secondary N) is 1. The van der Waals surface area contributed by atoms with E-state index >= 15 is 0 Å². The lowest BCUT2D eigenvalue weighted by molar-refractivity contribution is -0.253. The van der Waals surface area contributed by atoms with E-state index in [4.69, 9.17) is 9.47 Å². The Labute approximate surface area is 287 Å². The fourth-order valence-corrected chi connectivity index (χ4v) is 6.66. The highest BCUT2D eigenvalue weighted by Gasteiger charge is 2.34. The summed E-state index contributed by atoms with van der Waals surface area (Å²) in [7, 11) is 0. The van der Waals surface area contributed by atoms with E-state index in [0.717, 1.165) is 41.9 Å². The Morgan fingerprint density at radius 1 is 0.740 bits per heavy atom. The van der Waals surface area contributed by atoms with Crippen LogP contribution in [0.15, 0.2) is 72.8 Å². The van der Waals surface area contributed by atoms with E-state index in [-0.39, 0.29) is 25.4 Å². The molecule has 264 valence electrons. The number of rotatable bonds is 9. The number of amides is 1. The van der Waals surface area contributed by atoms with Crippen molar-refractivity contribution >= 4 is 5.91 Å². The van der Waals surface area contributed by atoms with Crippen molar-refractivity contribution in [1.82, 2.24) is 10.2 Å². The predicted octanol–water partition coefficient (Wildman–Crippen LogP) is 8.28. The first-order chi connectivity index (χ1) is 24.2. The molecular weight excluding hydrogens is 655 g/mol. The molecule has 2 aliphatic rings. The number of ether oxygens (including phenoxy) is 2. The van der Waals surface area contributed by atoms with E-state index < -0.39 is 46.8 Å². The van der Waals surface area contributed by atoms with Crippen molar-refractivity contribution in [3.63, 3.8) is 0 Å². The molecule has 6 rings (SSSR count). The summed E-state index contributed by atoms with van der Waals surface area (Å²) in [5, 5.41) is 11.8. The summed E-state index contributed by atoms with van der Waals surface area (Å²) in [4.78, 5) is 15.1. The number of aliphatic hydroxyl groups excluding tert-OH is 1. The van der Waals surface area contributed by atoms with Gasteiger partial charge in [-0.15, -0.1) is 0 Å². The molecule has 2 heterocycles. The Morgan fingerprint density at radius 2 is 1.34 bits per heavy atom. The Kier molecular flexibility index (Phi) is 11.6. The number of halogens is 5. The Bertz CT molecular complexity index is 1750. The average molecular weight is 695 g/mol. The molecule has 4 aromatic rings. The maximum absolute atomic E-state index is 14.2. The Hall–Kier alpha value is -4.16. The molecule has 0 aliphatic carbocycles. The van der Waals surface area contributed by atoms with Crippen LogP contribution in [-0.4, -0.2) is 41.7 Å². The van der Waals surface area contributed by atoms with Crippen molar-refractivity contribution in [3.8, 4) is 11.1 Å². The topological polar surface area (TPSA) is 71.0 Å². The monoisotopic (exact) mass is 694 g/mol. The molecule has 0 saturated carbocycles. The van der Waals surface area contributed by atoms with Gasteiger partial charge in [0, 0.05) is 25.1 Å². The third-order valence-electron chi connectivity index (χ3n) is 9.41. The molecule has 2 fully saturated rings. The van der Waals surface area contributed by atoms with Crippen LogP contribution in [0.3, 0.4) is 0 Å². The van der Waals surface area contributed by atoms with E-state index in [9.17, 15) is 31.9 Å². The van der Waals surface area contributed by atoms with Crippen LogP contribution >= 0.6 is 0 Å². The van der Waals surface area contributed by atoms with E-state index in [1.54, 1.807) is 24.3 Å². The maximum Gasteiger partial charge on any atom is 0.257 e. The quantitative estimate of drug-likeness (QED) is 0.105. The first-order valence-corrected chi connectivity index (χ1v) is 16.9. The molecule has 0 aromatic heterocycles. The zero-order chi connectivity index (χ0) is 35.2. The standard InChI is InChI=1S/C39H39F5N2O4/c40-33-32(34(41)36(43)37(44)35(33)42)38(48)45-21-28-8-4-5-9-30(28)25-14-16-27(17-15-25)39-49-29(22-46-18-6-2-1-3-7-19-46)20-31(50-39)26-12-10-24(23-47)11-13-26/h4-5,8-17,29,31,39,47H,1-3,6-7,18-23H2,(H,45,48)/t29-,31+,39+/m1/s1. The molecule has 0 unspecified atom stereocenters. The second-order valence-corrected chi connectivity index (χ2v) is 12.8. The van der Waals surface area contributed by atoms with Crippen LogP contribution in [0.1, 0.15) is 83.5 Å². The number of nitrogens with zero attached hydrogens (tertiary/aromatic N) is 1. The number of hydrogen-bond donors (Lipinski definition) is 2. The van der Waals surface area contributed by atoms with Gasteiger partial charge in [-0.25, -0.2) is 22.0 Å². The molecule has 2 N–H and O–H groups in total. The fourth-order valence-electron chi connectivity index (χ4n) is 6.66. The molecule has 0 spiro atoms. The largest absolute Gasteiger partial charge is 0.392 e. The summed E-state index contributed by atoms with van der Waals surface area (Å²) in [6, 6.07) is 22.3. The van der Waals surface area contributed by atoms with Gasteiger partial charge in [0.25, 0.3) is 5.91 Å². The van der Waals surface area contributed by atoms with Gasteiger partial charge in [-0.05, 0) is 53.7 Å². The van der Waals surface area contributed by atoms with Crippen molar-refractivity contribution in [3.05, 3.63) is 130 Å². The molecule has 11 heteroatoms. The maximum atomic E-state index is 14.2. The first kappa shape index (κ1) is 35.7. The summed E-state index contributed by atoms with van der Waals surface area (Å²) < 4.78 is 82.4. The minimum Gasteiger partial charge on any atom is -0.392 e. The van der Waals surface area contributed by atoms with Crippen LogP contribution in [0.25, 0.3) is 11.1 Å². The highest BCUT2D eigenvalue weighted by molar-refractivity contribution is 5.95. The lowest BCUT2D eigenvalue weighted by Gasteiger charge is -2.39. The van der Waals surface area contributed by atoms with E-state index in [0.29, 0.717) is 17.5 Å². The van der Waals surface area contributed by atoms with Crippen LogP contribution in [0.5, 0.6) is 0 Å². The van der Waals surface area contributed by atoms with Crippen LogP contribution in [-0.2, 0) is 22.6 Å². The molecule has 0 bridgehead atoms. The molecule has 2 saturated heterocycles. The summed E-state index contributed by atoms with van der Waals surface area (Å²) in [6.45, 7) is 2.60. The average Bonchev–Trinajstić information content (AvgIpc) is 3.13. The molecule has 2 aliphatic heterocycles. The molecule has 50 heavy (non-hydrogen) atoms. The van der Waals surface area contributed by atoms with Crippen molar-refractivity contribution < 1.29 is 41.3 Å². The number of likely N-dealkylation sites (tertiary alicyclic amines) is 1. The van der Waals surface area contributed by atoms with Crippen molar-refractivity contribution in [1.29, 1.82) is 0 Å². The third-order valence-corrected chi connectivity index (χ3v) is 9.41. The van der Waals surface area contributed by atoms with Gasteiger partial charge in [0.1, 0.15) is 5.56 Å². The second kappa shape index (κ2) is 16.2. The van der Waals surface area contributed by atoms with Gasteiger partial charge in [-0.2, -0.15) is 0 Å². The number of hydrogen-bond acceptors (Lipinski definition) is 5. The molecule has 1 amide bonds. The van der Waals surface area contributed by atoms with Crippen LogP contribution in [0.2, 0.25) is 0 Å². The molecule has 0 radical (unpaired) electrons. The lowest BCUT2D eigenvalue weighted by atomic mass is 9.97. The fraction of sp³-hybridized carbons (Fsp3) is 0.359. The van der Waals surface area contributed by atoms with Gasteiger partial charge in [-0.3, -0.25) is 4.79 Å². The minimum absolute atomic E-state index is 0.0394. The number of carbonyl (C=O) groups excluding carboxylic acids is 1. The number of benzene rings is 4. The Balaban J connectivity index is 1.19. The first-order valence-electron chi connectivity index (χ1n) is 16.9. The zero-order valence-corrected chi connectivity index (χ0v) is 27.4. The SMILES string of the molecule is O=C(NCc1ccccc1-c1ccc([C@H]2O[C@@H](CN3CCCCCCC3)C[C@@H](c3ccc(CO)cc3)O2)cc1)c1c(F)c(F)c(F)c(F)c1F. The van der Waals surface area contributed by atoms with E-state index in [2.05, 4.69) is 10.2 Å². The van der Waals surface area contributed by atoms with Crippen LogP contribution in [0, 0.1) is 29.1 Å². The zero-order valence-electron chi connectivity index (χ0n) is 27.4. The second-order valence-electron chi connectivity index (χ2n) is 12.8. The van der Waals surface area contributed by atoms with Crippen molar-refractivity contribution in [2.45, 2.75) is 70.2 Å². The smallest absolute Gasteiger partial charge is 0.257 e. The van der Waals surface area contributed by atoms with Gasteiger partial charge in [0.15, 0.2) is 29.6 Å². The van der Waals surface area contributed by atoms with Gasteiger partial charge in [0.2, 0.25) is 5.82 Å². The van der Waals surface area contributed by atoms with Crippen LogP contribution < -0.4 is 5.32 Å². The lowest BCUT2D eigenvalue weighted by Crippen LogP contribution is -2.40. The van der Waals surface area contributed by atoms with E-state index in [1.807, 2.05) is 48.5 Å². The summed E-state index contributed by atoms with van der Waals surface area (Å²) in [5.41, 5.74) is 3.11. The van der Waals surface area contributed by atoms with E-state index in [1.165, 1.54) is 32.1 Å².